The molecule has 1 fully saturated rings. The number of nitrogens with two attached hydrogens (primary N) is 1. The van der Waals surface area contributed by atoms with Crippen LogP contribution in [0.15, 0.2) is 0 Å². The van der Waals surface area contributed by atoms with Gasteiger partial charge in [0.25, 0.3) is 10.1 Å². The van der Waals surface area contributed by atoms with E-state index in [1.165, 1.54) is 0 Å². The van der Waals surface area contributed by atoms with Crippen LogP contribution in [-0.2, 0) is 14.9 Å². The topological polar surface area (TPSA) is 113 Å². The summed E-state index contributed by atoms with van der Waals surface area (Å²) in [4.78, 5) is 13.9. The maximum absolute atomic E-state index is 11.6. The first-order chi connectivity index (χ1) is 8.31. The van der Waals surface area contributed by atoms with Crippen molar-refractivity contribution in [2.45, 2.75) is 31.8 Å². The van der Waals surface area contributed by atoms with Crippen LogP contribution in [0.5, 0.6) is 0 Å². The van der Waals surface area contributed by atoms with Gasteiger partial charge in [-0.05, 0) is 19.4 Å². The van der Waals surface area contributed by atoms with E-state index in [1.54, 1.807) is 0 Å². The number of likely N-dealkylation sites (tertiary alicyclic amines) is 1. The van der Waals surface area contributed by atoms with Crippen molar-refractivity contribution in [1.82, 2.24) is 10.2 Å². The van der Waals surface area contributed by atoms with Gasteiger partial charge in [-0.15, -0.1) is 0 Å². The molecule has 0 radical (unpaired) electrons. The van der Waals surface area contributed by atoms with E-state index < -0.39 is 27.8 Å². The number of nitrogens with zero attached hydrogens (tertiary/aromatic N) is 1. The van der Waals surface area contributed by atoms with Crippen LogP contribution in [0.25, 0.3) is 0 Å². The lowest BCUT2D eigenvalue weighted by Crippen LogP contribution is -2.51. The summed E-state index contributed by atoms with van der Waals surface area (Å²) in [7, 11) is -4.22. The highest BCUT2D eigenvalue weighted by atomic mass is 32.2. The fourth-order valence-corrected chi connectivity index (χ4v) is 2.61. The predicted octanol–water partition coefficient (Wildman–Crippen LogP) is -1.20. The Labute approximate surface area is 107 Å². The maximum Gasteiger partial charge on any atom is 0.266 e. The summed E-state index contributed by atoms with van der Waals surface area (Å²) in [5.41, 5.74) is 5.41. The first-order valence-corrected chi connectivity index (χ1v) is 7.66. The molecule has 7 nitrogen and oxygen atoms in total. The van der Waals surface area contributed by atoms with Crippen molar-refractivity contribution in [3.05, 3.63) is 0 Å². The number of amides is 1. The highest BCUT2D eigenvalue weighted by Crippen LogP contribution is 2.09. The Kier molecular flexibility index (Phi) is 5.51. The van der Waals surface area contributed by atoms with E-state index in [-0.39, 0.29) is 6.04 Å². The summed E-state index contributed by atoms with van der Waals surface area (Å²) in [5, 5.41) is 2.72. The summed E-state index contributed by atoms with van der Waals surface area (Å²) in [5.74, 6) is -1.27. The number of nitrogens with one attached hydrogen (secondary N) is 1. The van der Waals surface area contributed by atoms with Crippen LogP contribution in [-0.4, -0.2) is 61.2 Å². The Hall–Kier alpha value is -0.700. The molecular weight excluding hydrogens is 258 g/mol. The molecule has 1 rings (SSSR count). The van der Waals surface area contributed by atoms with E-state index in [0.717, 1.165) is 32.5 Å². The standard InChI is InChI=1S/C10H21N3O4S/c1-2-13-5-3-8(4-6-13)12-10(14)9(11)7-18(15,16)17/h8-9H,2-7,11H2,1H3,(H,12,14)(H,15,16,17)/t9-/m1/s1. The van der Waals surface area contributed by atoms with Gasteiger partial charge in [-0.2, -0.15) is 8.42 Å². The van der Waals surface area contributed by atoms with E-state index in [1.807, 2.05) is 0 Å². The third-order valence-corrected chi connectivity index (χ3v) is 3.89. The molecule has 1 atom stereocenters. The largest absolute Gasteiger partial charge is 0.352 e. The van der Waals surface area contributed by atoms with Crippen LogP contribution in [0.1, 0.15) is 19.8 Å². The molecule has 4 N–H and O–H groups in total. The molecule has 1 saturated heterocycles. The molecular formula is C10H21N3O4S. The molecule has 8 heteroatoms. The van der Waals surface area contributed by atoms with Crippen molar-refractivity contribution in [3.63, 3.8) is 0 Å². The molecule has 0 saturated carbocycles. The van der Waals surface area contributed by atoms with Crippen LogP contribution < -0.4 is 11.1 Å². The second-order valence-corrected chi connectivity index (χ2v) is 6.07. The van der Waals surface area contributed by atoms with Gasteiger partial charge >= 0.3 is 0 Å². The highest BCUT2D eigenvalue weighted by Gasteiger charge is 2.24. The SMILES string of the molecule is CCN1CCC(NC(=O)[C@H](N)CS(=O)(=O)O)CC1. The molecule has 0 unspecified atom stereocenters. The molecule has 0 aromatic heterocycles. The highest BCUT2D eigenvalue weighted by molar-refractivity contribution is 7.85. The minimum absolute atomic E-state index is 0.0350. The van der Waals surface area contributed by atoms with E-state index >= 15 is 0 Å². The Bertz CT molecular complexity index is 377. The first kappa shape index (κ1) is 15.4. The molecule has 18 heavy (non-hydrogen) atoms. The monoisotopic (exact) mass is 279 g/mol. The zero-order valence-corrected chi connectivity index (χ0v) is 11.3. The summed E-state index contributed by atoms with van der Waals surface area (Å²) in [6, 6.07) is -1.18. The number of carbonyl (C=O) groups excluding carboxylic acids is 1. The van der Waals surface area contributed by atoms with Crippen molar-refractivity contribution in [3.8, 4) is 0 Å². The van der Waals surface area contributed by atoms with Crippen LogP contribution in [0, 0.1) is 0 Å². The van der Waals surface area contributed by atoms with Crippen LogP contribution in [0.4, 0.5) is 0 Å². The summed E-state index contributed by atoms with van der Waals surface area (Å²) < 4.78 is 29.8. The Morgan fingerprint density at radius 1 is 1.50 bits per heavy atom. The van der Waals surface area contributed by atoms with Crippen molar-refractivity contribution < 1.29 is 17.8 Å². The normalized spacial score (nSPS) is 20.6. The van der Waals surface area contributed by atoms with Crippen LogP contribution in [0.2, 0.25) is 0 Å². The number of rotatable bonds is 5. The average Bonchev–Trinajstić information content (AvgIpc) is 2.27. The molecule has 106 valence electrons. The minimum Gasteiger partial charge on any atom is -0.352 e. The van der Waals surface area contributed by atoms with Gasteiger partial charge in [0.1, 0.15) is 6.04 Å². The van der Waals surface area contributed by atoms with E-state index in [9.17, 15) is 13.2 Å². The molecule has 0 aromatic rings. The minimum atomic E-state index is -4.22. The first-order valence-electron chi connectivity index (χ1n) is 6.05. The summed E-state index contributed by atoms with van der Waals surface area (Å²) in [6.45, 7) is 4.90. The number of hydrogen-bond donors (Lipinski definition) is 3. The van der Waals surface area contributed by atoms with Crippen molar-refractivity contribution >= 4 is 16.0 Å². The van der Waals surface area contributed by atoms with E-state index in [0.29, 0.717) is 0 Å². The fourth-order valence-electron chi connectivity index (χ4n) is 2.00. The average molecular weight is 279 g/mol. The van der Waals surface area contributed by atoms with Gasteiger partial charge in [0.05, 0.1) is 5.75 Å². The van der Waals surface area contributed by atoms with Gasteiger partial charge in [-0.1, -0.05) is 6.92 Å². The Balaban J connectivity index is 2.37. The van der Waals surface area contributed by atoms with Gasteiger partial charge in [0.2, 0.25) is 5.91 Å². The summed E-state index contributed by atoms with van der Waals surface area (Å²) in [6.07, 6.45) is 1.66. The molecule has 0 aromatic carbocycles. The van der Waals surface area contributed by atoms with Crippen molar-refractivity contribution in [2.75, 3.05) is 25.4 Å². The van der Waals surface area contributed by atoms with E-state index in [2.05, 4.69) is 17.1 Å². The van der Waals surface area contributed by atoms with Gasteiger partial charge in [-0.3, -0.25) is 9.35 Å². The Morgan fingerprint density at radius 3 is 2.50 bits per heavy atom. The second-order valence-electron chi connectivity index (χ2n) is 4.57. The zero-order valence-electron chi connectivity index (χ0n) is 10.5. The quantitative estimate of drug-likeness (QED) is 0.545. The number of piperidine rings is 1. The van der Waals surface area contributed by atoms with Crippen molar-refractivity contribution in [1.29, 1.82) is 0 Å². The van der Waals surface area contributed by atoms with E-state index in [4.69, 9.17) is 10.3 Å². The zero-order chi connectivity index (χ0) is 13.8. The fraction of sp³-hybridized carbons (Fsp3) is 0.900. The molecule has 1 heterocycles. The summed E-state index contributed by atoms with van der Waals surface area (Å²) >= 11 is 0. The predicted molar refractivity (Wildman–Crippen MR) is 67.7 cm³/mol. The Morgan fingerprint density at radius 2 is 2.06 bits per heavy atom. The number of carbonyl (C=O) groups is 1. The van der Waals surface area contributed by atoms with Gasteiger partial charge < -0.3 is 16.0 Å². The lowest BCUT2D eigenvalue weighted by atomic mass is 10.0. The molecule has 0 spiro atoms. The maximum atomic E-state index is 11.6. The molecule has 0 aliphatic carbocycles. The molecule has 0 bridgehead atoms. The lowest BCUT2D eigenvalue weighted by Gasteiger charge is -2.31. The molecule has 1 aliphatic rings. The van der Waals surface area contributed by atoms with Crippen LogP contribution >= 0.6 is 0 Å². The van der Waals surface area contributed by atoms with Gasteiger partial charge in [-0.25, -0.2) is 0 Å². The van der Waals surface area contributed by atoms with Gasteiger partial charge in [0, 0.05) is 19.1 Å². The van der Waals surface area contributed by atoms with Crippen molar-refractivity contribution in [2.24, 2.45) is 5.73 Å². The second kappa shape index (κ2) is 6.46. The number of hydrogen-bond acceptors (Lipinski definition) is 5. The van der Waals surface area contributed by atoms with Crippen LogP contribution in [0.3, 0.4) is 0 Å². The molecule has 1 aliphatic heterocycles. The van der Waals surface area contributed by atoms with Gasteiger partial charge in [0.15, 0.2) is 0 Å². The lowest BCUT2D eigenvalue weighted by molar-refractivity contribution is -0.122. The third-order valence-electron chi connectivity index (χ3n) is 3.11. The molecule has 1 amide bonds. The smallest absolute Gasteiger partial charge is 0.266 e. The third kappa shape index (κ3) is 5.30.